The van der Waals surface area contributed by atoms with Crippen molar-refractivity contribution in [3.63, 3.8) is 0 Å². The van der Waals surface area contributed by atoms with Crippen LogP contribution in [0.2, 0.25) is 5.02 Å². The van der Waals surface area contributed by atoms with Gasteiger partial charge in [-0.3, -0.25) is 9.59 Å². The molecule has 0 unspecified atom stereocenters. The quantitative estimate of drug-likeness (QED) is 0.676. The molecular formula is C13H13BrClNO5. The summed E-state index contributed by atoms with van der Waals surface area (Å²) in [6.45, 7) is 0. The minimum absolute atomic E-state index is 0.0403. The first-order valence-electron chi connectivity index (χ1n) is 6.01. The van der Waals surface area contributed by atoms with Gasteiger partial charge in [0.2, 0.25) is 0 Å². The Labute approximate surface area is 134 Å². The first-order valence-corrected chi connectivity index (χ1v) is 7.19. The van der Waals surface area contributed by atoms with Crippen LogP contribution in [0.3, 0.4) is 0 Å². The molecule has 0 bridgehead atoms. The molecule has 0 aliphatic rings. The lowest BCUT2D eigenvalue weighted by Crippen LogP contribution is -2.40. The van der Waals surface area contributed by atoms with Crippen molar-refractivity contribution >= 4 is 45.4 Å². The fraction of sp³-hybridized carbons (Fsp3) is 0.308. The molecule has 8 heteroatoms. The topological polar surface area (TPSA) is 104 Å². The van der Waals surface area contributed by atoms with Crippen molar-refractivity contribution in [1.29, 1.82) is 0 Å². The number of halogens is 2. The van der Waals surface area contributed by atoms with Crippen molar-refractivity contribution in [2.24, 2.45) is 0 Å². The van der Waals surface area contributed by atoms with Crippen molar-refractivity contribution in [3.8, 4) is 0 Å². The molecule has 1 aromatic carbocycles. The van der Waals surface area contributed by atoms with Gasteiger partial charge in [-0.1, -0.05) is 11.6 Å². The number of rotatable bonds is 7. The van der Waals surface area contributed by atoms with E-state index in [1.165, 1.54) is 18.2 Å². The molecule has 1 amide bonds. The minimum atomic E-state index is -1.21. The van der Waals surface area contributed by atoms with Gasteiger partial charge in [-0.25, -0.2) is 4.79 Å². The summed E-state index contributed by atoms with van der Waals surface area (Å²) in [6, 6.07) is 3.37. The molecule has 0 fully saturated rings. The molecule has 1 rings (SSSR count). The second kappa shape index (κ2) is 7.99. The summed E-state index contributed by atoms with van der Waals surface area (Å²) in [4.78, 5) is 33.5. The monoisotopic (exact) mass is 377 g/mol. The Hall–Kier alpha value is -1.60. The van der Waals surface area contributed by atoms with Crippen LogP contribution in [0.5, 0.6) is 0 Å². The molecule has 0 aliphatic carbocycles. The normalized spacial score (nSPS) is 11.7. The van der Waals surface area contributed by atoms with Gasteiger partial charge in [0.05, 0.1) is 5.56 Å². The van der Waals surface area contributed by atoms with Gasteiger partial charge in [0.25, 0.3) is 5.91 Å². The van der Waals surface area contributed by atoms with E-state index in [4.69, 9.17) is 21.8 Å². The number of nitrogens with one attached hydrogen (secondary N) is 1. The molecule has 1 atom stereocenters. The van der Waals surface area contributed by atoms with Gasteiger partial charge in [-0.2, -0.15) is 0 Å². The second-order valence-electron chi connectivity index (χ2n) is 4.27. The molecule has 21 heavy (non-hydrogen) atoms. The maximum absolute atomic E-state index is 12.0. The molecule has 0 spiro atoms. The van der Waals surface area contributed by atoms with Crippen molar-refractivity contribution in [1.82, 2.24) is 5.32 Å². The largest absolute Gasteiger partial charge is 0.481 e. The van der Waals surface area contributed by atoms with Crippen LogP contribution in [0.4, 0.5) is 0 Å². The zero-order valence-corrected chi connectivity index (χ0v) is 13.1. The highest BCUT2D eigenvalue weighted by Gasteiger charge is 2.21. The molecule has 0 aliphatic heterocycles. The summed E-state index contributed by atoms with van der Waals surface area (Å²) in [5, 5.41) is 20.4. The van der Waals surface area contributed by atoms with E-state index in [1.54, 1.807) is 0 Å². The summed E-state index contributed by atoms with van der Waals surface area (Å²) < 4.78 is 0.446. The maximum Gasteiger partial charge on any atom is 0.326 e. The number of carbonyl (C=O) groups is 3. The Balaban J connectivity index is 2.72. The molecular weight excluding hydrogens is 366 g/mol. The summed E-state index contributed by atoms with van der Waals surface area (Å²) in [5.74, 6) is -2.79. The van der Waals surface area contributed by atoms with Crippen molar-refractivity contribution in [2.75, 3.05) is 0 Å². The SMILES string of the molecule is O=C(O)CCC[C@@H](NC(=O)c1ccc(Cl)cc1Br)C(=O)O. The van der Waals surface area contributed by atoms with Gasteiger partial charge >= 0.3 is 11.9 Å². The molecule has 0 heterocycles. The van der Waals surface area contributed by atoms with Crippen LogP contribution in [0, 0.1) is 0 Å². The predicted molar refractivity (Wildman–Crippen MR) is 79.5 cm³/mol. The number of benzene rings is 1. The Bertz CT molecular complexity index is 563. The number of carboxylic acid groups (broad SMARTS) is 2. The fourth-order valence-electron chi connectivity index (χ4n) is 1.62. The number of hydrogen-bond donors (Lipinski definition) is 3. The Morgan fingerprint density at radius 3 is 2.48 bits per heavy atom. The van der Waals surface area contributed by atoms with Gasteiger partial charge in [0.1, 0.15) is 6.04 Å². The van der Waals surface area contributed by atoms with E-state index >= 15 is 0 Å². The van der Waals surface area contributed by atoms with E-state index < -0.39 is 23.9 Å². The molecule has 0 saturated heterocycles. The van der Waals surface area contributed by atoms with Gasteiger partial charge < -0.3 is 15.5 Å². The third-order valence-electron chi connectivity index (χ3n) is 2.66. The summed E-state index contributed by atoms with van der Waals surface area (Å²) in [6.07, 6.45) is 0.0528. The molecule has 3 N–H and O–H groups in total. The molecule has 0 radical (unpaired) electrons. The van der Waals surface area contributed by atoms with E-state index in [9.17, 15) is 14.4 Å². The number of hydrogen-bond acceptors (Lipinski definition) is 3. The van der Waals surface area contributed by atoms with Crippen LogP contribution in [0.25, 0.3) is 0 Å². The average molecular weight is 379 g/mol. The third kappa shape index (κ3) is 5.73. The van der Waals surface area contributed by atoms with Gasteiger partial charge in [0, 0.05) is 15.9 Å². The van der Waals surface area contributed by atoms with E-state index in [0.29, 0.717) is 9.50 Å². The molecule has 114 valence electrons. The Morgan fingerprint density at radius 2 is 1.95 bits per heavy atom. The van der Waals surface area contributed by atoms with Crippen LogP contribution in [0.15, 0.2) is 22.7 Å². The second-order valence-corrected chi connectivity index (χ2v) is 5.57. The average Bonchev–Trinajstić information content (AvgIpc) is 2.36. The lowest BCUT2D eigenvalue weighted by molar-refractivity contribution is -0.140. The standard InChI is InChI=1S/C13H13BrClNO5/c14-9-6-7(15)4-5-8(9)12(19)16-10(13(20)21)2-1-3-11(17)18/h4-6,10H,1-3H2,(H,16,19)(H,17,18)(H,20,21)/t10-/m1/s1. The zero-order valence-electron chi connectivity index (χ0n) is 10.8. The highest BCUT2D eigenvalue weighted by Crippen LogP contribution is 2.21. The number of carbonyl (C=O) groups excluding carboxylic acids is 1. The third-order valence-corrected chi connectivity index (χ3v) is 3.55. The molecule has 6 nitrogen and oxygen atoms in total. The van der Waals surface area contributed by atoms with E-state index in [1.807, 2.05) is 0 Å². The summed E-state index contributed by atoms with van der Waals surface area (Å²) in [7, 11) is 0. The molecule has 0 saturated carbocycles. The number of amides is 1. The van der Waals surface area contributed by atoms with E-state index in [0.717, 1.165) is 0 Å². The Morgan fingerprint density at radius 1 is 1.29 bits per heavy atom. The highest BCUT2D eigenvalue weighted by atomic mass is 79.9. The minimum Gasteiger partial charge on any atom is -0.481 e. The first-order chi connectivity index (χ1) is 9.81. The lowest BCUT2D eigenvalue weighted by atomic mass is 10.1. The first kappa shape index (κ1) is 17.5. The fourth-order valence-corrected chi connectivity index (χ4v) is 2.49. The lowest BCUT2D eigenvalue weighted by Gasteiger charge is -2.14. The number of aliphatic carboxylic acids is 2. The molecule has 0 aromatic heterocycles. The van der Waals surface area contributed by atoms with Crippen molar-refractivity contribution in [3.05, 3.63) is 33.3 Å². The van der Waals surface area contributed by atoms with Gasteiger partial charge in [-0.05, 0) is 47.0 Å². The maximum atomic E-state index is 12.0. The van der Waals surface area contributed by atoms with Crippen LogP contribution in [0.1, 0.15) is 29.6 Å². The molecule has 1 aromatic rings. The van der Waals surface area contributed by atoms with Crippen LogP contribution >= 0.6 is 27.5 Å². The number of carboxylic acids is 2. The summed E-state index contributed by atoms with van der Waals surface area (Å²) >= 11 is 8.94. The Kier molecular flexibility index (Phi) is 6.64. The van der Waals surface area contributed by atoms with Crippen LogP contribution in [-0.2, 0) is 9.59 Å². The van der Waals surface area contributed by atoms with Crippen LogP contribution < -0.4 is 5.32 Å². The highest BCUT2D eigenvalue weighted by molar-refractivity contribution is 9.10. The summed E-state index contributed by atoms with van der Waals surface area (Å²) in [5.41, 5.74) is 0.254. The smallest absolute Gasteiger partial charge is 0.326 e. The van der Waals surface area contributed by atoms with Gasteiger partial charge in [-0.15, -0.1) is 0 Å². The predicted octanol–water partition coefficient (Wildman–Crippen LogP) is 2.54. The van der Waals surface area contributed by atoms with Crippen molar-refractivity contribution in [2.45, 2.75) is 25.3 Å². The van der Waals surface area contributed by atoms with Crippen LogP contribution in [-0.4, -0.2) is 34.1 Å². The van der Waals surface area contributed by atoms with Crippen molar-refractivity contribution < 1.29 is 24.6 Å². The van der Waals surface area contributed by atoms with Gasteiger partial charge in [0.15, 0.2) is 0 Å². The van der Waals surface area contributed by atoms with E-state index in [-0.39, 0.29) is 24.8 Å². The zero-order chi connectivity index (χ0) is 16.0. The van der Waals surface area contributed by atoms with E-state index in [2.05, 4.69) is 21.2 Å².